The molecule has 1 aliphatic carbocycles. The van der Waals surface area contributed by atoms with E-state index in [9.17, 15) is 0 Å². The van der Waals surface area contributed by atoms with Crippen LogP contribution in [0.25, 0.3) is 0 Å². The molecule has 0 radical (unpaired) electrons. The second-order valence-electron chi connectivity index (χ2n) is 5.77. The molecule has 1 saturated carbocycles. The maximum atomic E-state index is 6.31. The van der Waals surface area contributed by atoms with Crippen molar-refractivity contribution in [3.05, 3.63) is 35.4 Å². The third-order valence-electron chi connectivity index (χ3n) is 4.30. The van der Waals surface area contributed by atoms with Crippen LogP contribution in [0.2, 0.25) is 0 Å². The van der Waals surface area contributed by atoms with Crippen LogP contribution in [0.4, 0.5) is 0 Å². The number of alkyl halides is 2. The lowest BCUT2D eigenvalue weighted by molar-refractivity contribution is 0.372. The highest BCUT2D eigenvalue weighted by Crippen LogP contribution is 2.40. The minimum atomic E-state index is -0.0376. The van der Waals surface area contributed by atoms with Crippen LogP contribution < -0.4 is 0 Å². The molecule has 2 heteroatoms. The fourth-order valence-corrected chi connectivity index (χ4v) is 3.97. The molecule has 1 aliphatic rings. The van der Waals surface area contributed by atoms with Crippen LogP contribution in [0.1, 0.15) is 43.2 Å². The normalized spacial score (nSPS) is 17.3. The Morgan fingerprint density at radius 1 is 1.17 bits per heavy atom. The number of halogens is 2. The van der Waals surface area contributed by atoms with Gasteiger partial charge in [0.05, 0.1) is 0 Å². The molecule has 0 unspecified atom stereocenters. The summed E-state index contributed by atoms with van der Waals surface area (Å²) in [5, 5.41) is 0. The van der Waals surface area contributed by atoms with Crippen LogP contribution in [0.5, 0.6) is 0 Å². The quantitative estimate of drug-likeness (QED) is 0.645. The average molecular weight is 285 g/mol. The maximum absolute atomic E-state index is 6.31. The monoisotopic (exact) mass is 284 g/mol. The second kappa shape index (κ2) is 6.30. The van der Waals surface area contributed by atoms with Gasteiger partial charge in [0.1, 0.15) is 0 Å². The summed E-state index contributed by atoms with van der Waals surface area (Å²) in [5.41, 5.74) is 2.57. The van der Waals surface area contributed by atoms with E-state index in [1.165, 1.54) is 36.8 Å². The average Bonchev–Trinajstić information content (AvgIpc) is 2.89. The molecule has 1 aromatic rings. The van der Waals surface area contributed by atoms with Crippen LogP contribution in [0.15, 0.2) is 24.3 Å². The lowest BCUT2D eigenvalue weighted by Gasteiger charge is -2.33. The number of hydrogen-bond donors (Lipinski definition) is 0. The summed E-state index contributed by atoms with van der Waals surface area (Å²) in [4.78, 5) is 0. The fourth-order valence-electron chi connectivity index (χ4n) is 3.16. The molecule has 0 spiro atoms. The van der Waals surface area contributed by atoms with E-state index >= 15 is 0 Å². The Labute approximate surface area is 121 Å². The highest BCUT2D eigenvalue weighted by molar-refractivity contribution is 6.22. The van der Waals surface area contributed by atoms with E-state index in [-0.39, 0.29) is 5.41 Å². The molecule has 1 fully saturated rings. The molecule has 0 amide bonds. The maximum Gasteiger partial charge on any atom is 0.0332 e. The van der Waals surface area contributed by atoms with E-state index in [1.54, 1.807) is 0 Å². The van der Waals surface area contributed by atoms with Crippen LogP contribution in [0.3, 0.4) is 0 Å². The van der Waals surface area contributed by atoms with E-state index < -0.39 is 0 Å². The Morgan fingerprint density at radius 3 is 2.39 bits per heavy atom. The van der Waals surface area contributed by atoms with Gasteiger partial charge < -0.3 is 0 Å². The first-order valence-electron chi connectivity index (χ1n) is 6.89. The van der Waals surface area contributed by atoms with E-state index in [2.05, 4.69) is 31.2 Å². The molecule has 1 aromatic carbocycles. The first-order chi connectivity index (χ1) is 8.70. The summed E-state index contributed by atoms with van der Waals surface area (Å²) < 4.78 is 0. The van der Waals surface area contributed by atoms with Crippen molar-refractivity contribution in [2.24, 2.45) is 5.92 Å². The topological polar surface area (TPSA) is 0 Å². The minimum Gasteiger partial charge on any atom is -0.126 e. The van der Waals surface area contributed by atoms with E-state index in [4.69, 9.17) is 23.2 Å². The first-order valence-corrected chi connectivity index (χ1v) is 7.96. The number of hydrogen-bond acceptors (Lipinski definition) is 0. The standard InChI is InChI=1S/C16H22Cl2/c1-13-5-4-8-15(9-13)16(11-17,12-18)10-14-6-2-3-7-14/h4-5,8-9,14H,2-3,6-7,10-12H2,1H3. The van der Waals surface area contributed by atoms with Gasteiger partial charge in [-0.05, 0) is 24.8 Å². The third-order valence-corrected chi connectivity index (χ3v) is 5.32. The predicted octanol–water partition coefficient (Wildman–Crippen LogP) is 5.29. The van der Waals surface area contributed by atoms with Gasteiger partial charge in [0.2, 0.25) is 0 Å². The molecule has 0 heterocycles. The van der Waals surface area contributed by atoms with Crippen molar-refractivity contribution in [1.82, 2.24) is 0 Å². The van der Waals surface area contributed by atoms with Gasteiger partial charge in [-0.1, -0.05) is 55.5 Å². The van der Waals surface area contributed by atoms with E-state index in [1.807, 2.05) is 0 Å². The van der Waals surface area contributed by atoms with Crippen molar-refractivity contribution < 1.29 is 0 Å². The number of aryl methyl sites for hydroxylation is 1. The molecule has 0 bridgehead atoms. The largest absolute Gasteiger partial charge is 0.126 e. The number of rotatable bonds is 5. The van der Waals surface area contributed by atoms with Gasteiger partial charge in [-0.15, -0.1) is 23.2 Å². The van der Waals surface area contributed by atoms with Crippen LogP contribution >= 0.6 is 23.2 Å². The molecule has 100 valence electrons. The third kappa shape index (κ3) is 3.03. The van der Waals surface area contributed by atoms with Gasteiger partial charge in [-0.2, -0.15) is 0 Å². The zero-order chi connectivity index (χ0) is 13.0. The van der Waals surface area contributed by atoms with Crippen molar-refractivity contribution in [3.8, 4) is 0 Å². The van der Waals surface area contributed by atoms with Crippen molar-refractivity contribution in [2.45, 2.75) is 44.4 Å². The summed E-state index contributed by atoms with van der Waals surface area (Å²) in [5.74, 6) is 2.05. The molecular weight excluding hydrogens is 263 g/mol. The zero-order valence-electron chi connectivity index (χ0n) is 11.1. The van der Waals surface area contributed by atoms with Gasteiger partial charge in [-0.25, -0.2) is 0 Å². The smallest absolute Gasteiger partial charge is 0.0332 e. The predicted molar refractivity (Wildman–Crippen MR) is 80.9 cm³/mol. The Bertz CT molecular complexity index is 376. The summed E-state index contributed by atoms with van der Waals surface area (Å²) in [6.07, 6.45) is 6.59. The van der Waals surface area contributed by atoms with Gasteiger partial charge in [0, 0.05) is 17.2 Å². The first kappa shape index (κ1) is 14.2. The van der Waals surface area contributed by atoms with Crippen molar-refractivity contribution in [3.63, 3.8) is 0 Å². The van der Waals surface area contributed by atoms with Crippen LogP contribution in [-0.4, -0.2) is 11.8 Å². The Morgan fingerprint density at radius 2 is 1.83 bits per heavy atom. The Balaban J connectivity index is 2.24. The highest BCUT2D eigenvalue weighted by atomic mass is 35.5. The molecule has 0 aromatic heterocycles. The SMILES string of the molecule is Cc1cccc(C(CCl)(CCl)CC2CCCC2)c1. The lowest BCUT2D eigenvalue weighted by atomic mass is 9.76. The van der Waals surface area contributed by atoms with Crippen molar-refractivity contribution in [1.29, 1.82) is 0 Å². The fraction of sp³-hybridized carbons (Fsp3) is 0.625. The van der Waals surface area contributed by atoms with Gasteiger partial charge in [0.25, 0.3) is 0 Å². The molecular formula is C16H22Cl2. The van der Waals surface area contributed by atoms with E-state index in [0.29, 0.717) is 11.8 Å². The van der Waals surface area contributed by atoms with Gasteiger partial charge in [0.15, 0.2) is 0 Å². The summed E-state index contributed by atoms with van der Waals surface area (Å²) in [6.45, 7) is 2.13. The Kier molecular flexibility index (Phi) is 4.98. The molecule has 0 nitrogen and oxygen atoms in total. The molecule has 2 rings (SSSR count). The summed E-state index contributed by atoms with van der Waals surface area (Å²) in [7, 11) is 0. The summed E-state index contributed by atoms with van der Waals surface area (Å²) >= 11 is 12.6. The van der Waals surface area contributed by atoms with E-state index in [0.717, 1.165) is 12.3 Å². The Hall–Kier alpha value is -0.200. The lowest BCUT2D eigenvalue weighted by Crippen LogP contribution is -2.33. The molecule has 0 aliphatic heterocycles. The summed E-state index contributed by atoms with van der Waals surface area (Å²) in [6, 6.07) is 8.69. The molecule has 0 N–H and O–H groups in total. The molecule has 0 atom stereocenters. The molecule has 18 heavy (non-hydrogen) atoms. The molecule has 0 saturated heterocycles. The van der Waals surface area contributed by atoms with Crippen molar-refractivity contribution in [2.75, 3.05) is 11.8 Å². The van der Waals surface area contributed by atoms with Crippen LogP contribution in [0, 0.1) is 12.8 Å². The van der Waals surface area contributed by atoms with Gasteiger partial charge in [-0.3, -0.25) is 0 Å². The van der Waals surface area contributed by atoms with Gasteiger partial charge >= 0.3 is 0 Å². The number of benzene rings is 1. The van der Waals surface area contributed by atoms with Crippen LogP contribution in [-0.2, 0) is 5.41 Å². The minimum absolute atomic E-state index is 0.0376. The van der Waals surface area contributed by atoms with Crippen molar-refractivity contribution >= 4 is 23.2 Å². The highest BCUT2D eigenvalue weighted by Gasteiger charge is 2.34. The zero-order valence-corrected chi connectivity index (χ0v) is 12.6. The second-order valence-corrected chi connectivity index (χ2v) is 6.31.